The highest BCUT2D eigenvalue weighted by atomic mass is 32.2. The van der Waals surface area contributed by atoms with Gasteiger partial charge in [0.15, 0.2) is 9.84 Å². The second kappa shape index (κ2) is 10.1. The van der Waals surface area contributed by atoms with Crippen molar-refractivity contribution < 1.29 is 13.2 Å². The number of hydrogen-bond acceptors (Lipinski definition) is 4. The van der Waals surface area contributed by atoms with Gasteiger partial charge in [0.2, 0.25) is 0 Å². The van der Waals surface area contributed by atoms with E-state index in [0.29, 0.717) is 12.0 Å². The second-order valence-electron chi connectivity index (χ2n) is 7.10. The summed E-state index contributed by atoms with van der Waals surface area (Å²) in [6.45, 7) is 3.59. The Morgan fingerprint density at radius 3 is 2.42 bits per heavy atom. The highest BCUT2D eigenvalue weighted by molar-refractivity contribution is 7.91. The number of carbonyl (C=O) groups excluding carboxylic acids is 1. The number of rotatable bonds is 6. The van der Waals surface area contributed by atoms with Gasteiger partial charge in [-0.05, 0) is 41.3 Å². The number of amides is 1. The normalized spacial score (nSPS) is 11.8. The van der Waals surface area contributed by atoms with Crippen LogP contribution in [-0.2, 0) is 16.3 Å². The second-order valence-corrected chi connectivity index (χ2v) is 9.48. The van der Waals surface area contributed by atoms with E-state index in [2.05, 4.69) is 22.3 Å². The summed E-state index contributed by atoms with van der Waals surface area (Å²) in [5, 5.41) is 1.86. The average Bonchev–Trinajstić information content (AvgIpc) is 2.79. The van der Waals surface area contributed by atoms with Crippen LogP contribution in [0.4, 0.5) is 0 Å². The van der Waals surface area contributed by atoms with E-state index >= 15 is 0 Å². The highest BCUT2D eigenvalue weighted by Gasteiger charge is 2.28. The maximum absolute atomic E-state index is 12.9. The van der Waals surface area contributed by atoms with Crippen molar-refractivity contribution in [2.75, 3.05) is 5.75 Å². The minimum Gasteiger partial charge on any atom is -0.281 e. The van der Waals surface area contributed by atoms with E-state index in [9.17, 15) is 13.2 Å². The van der Waals surface area contributed by atoms with Crippen LogP contribution in [-0.4, -0.2) is 25.1 Å². The van der Waals surface area contributed by atoms with Crippen molar-refractivity contribution in [3.8, 4) is 12.0 Å². The third-order valence-electron chi connectivity index (χ3n) is 4.98. The smallest absolute Gasteiger partial charge is 0.262 e. The van der Waals surface area contributed by atoms with Crippen LogP contribution < -0.4 is 5.32 Å². The third kappa shape index (κ3) is 5.59. The molecule has 3 aromatic rings. The van der Waals surface area contributed by atoms with Crippen LogP contribution in [0.25, 0.3) is 0 Å². The molecule has 0 aliphatic carbocycles. The molecule has 1 N–H and O–H groups in total. The summed E-state index contributed by atoms with van der Waals surface area (Å²) in [5.74, 6) is 2.72. The molecule has 0 bridgehead atoms. The third-order valence-corrected chi connectivity index (χ3v) is 7.03. The van der Waals surface area contributed by atoms with Crippen LogP contribution in [0.15, 0.2) is 73.1 Å². The van der Waals surface area contributed by atoms with Crippen LogP contribution in [0.1, 0.15) is 44.8 Å². The van der Waals surface area contributed by atoms with Gasteiger partial charge in [-0.3, -0.25) is 15.1 Å². The summed E-state index contributed by atoms with van der Waals surface area (Å²) < 4.78 is 25.7. The summed E-state index contributed by atoms with van der Waals surface area (Å²) in [4.78, 5) is 15.9. The molecule has 0 spiro atoms. The van der Waals surface area contributed by atoms with E-state index in [-0.39, 0.29) is 11.7 Å². The van der Waals surface area contributed by atoms with Crippen molar-refractivity contribution in [2.45, 2.75) is 25.5 Å². The van der Waals surface area contributed by atoms with Crippen molar-refractivity contribution in [2.24, 2.45) is 0 Å². The summed E-state index contributed by atoms with van der Waals surface area (Å²) in [6, 6.07) is 20.9. The Labute approximate surface area is 183 Å². The largest absolute Gasteiger partial charge is 0.281 e. The summed E-state index contributed by atoms with van der Waals surface area (Å²) in [6.07, 6.45) is 3.54. The van der Waals surface area contributed by atoms with Gasteiger partial charge in [-0.2, -0.15) is 0 Å². The first kappa shape index (κ1) is 22.3. The average molecular weight is 433 g/mol. The zero-order valence-electron chi connectivity index (χ0n) is 17.5. The number of hydrogen-bond donors (Lipinski definition) is 1. The molecule has 3 rings (SSSR count). The van der Waals surface area contributed by atoms with Gasteiger partial charge in [0, 0.05) is 36.2 Å². The van der Waals surface area contributed by atoms with E-state index in [0.717, 1.165) is 22.3 Å². The van der Waals surface area contributed by atoms with E-state index in [1.807, 2.05) is 55.5 Å². The minimum absolute atomic E-state index is 0.0659. The molecule has 0 fully saturated rings. The molecule has 0 saturated carbocycles. The highest BCUT2D eigenvalue weighted by Crippen LogP contribution is 2.33. The molecule has 5 nitrogen and oxygen atoms in total. The van der Waals surface area contributed by atoms with Crippen LogP contribution in [0.2, 0.25) is 0 Å². The van der Waals surface area contributed by atoms with E-state index < -0.39 is 15.1 Å². The fourth-order valence-electron chi connectivity index (χ4n) is 3.34. The number of pyridine rings is 1. The molecule has 158 valence electrons. The Morgan fingerprint density at radius 1 is 1.06 bits per heavy atom. The van der Waals surface area contributed by atoms with Gasteiger partial charge < -0.3 is 0 Å². The van der Waals surface area contributed by atoms with Gasteiger partial charge in [0.05, 0.1) is 0 Å². The first-order valence-electron chi connectivity index (χ1n) is 9.96. The minimum atomic E-state index is -3.34. The molecule has 0 aliphatic heterocycles. The molecule has 1 unspecified atom stereocenters. The molecule has 31 heavy (non-hydrogen) atoms. The maximum Gasteiger partial charge on any atom is 0.262 e. The molecule has 0 radical (unpaired) electrons. The van der Waals surface area contributed by atoms with Gasteiger partial charge >= 0.3 is 0 Å². The molecule has 1 heterocycles. The zero-order valence-corrected chi connectivity index (χ0v) is 18.3. The number of sulfone groups is 1. The van der Waals surface area contributed by atoms with E-state index in [1.165, 1.54) is 0 Å². The molecule has 1 aromatic heterocycles. The van der Waals surface area contributed by atoms with Crippen molar-refractivity contribution in [1.29, 1.82) is 0 Å². The monoisotopic (exact) mass is 432 g/mol. The molecule has 0 aliphatic rings. The molecule has 6 heteroatoms. The van der Waals surface area contributed by atoms with Crippen molar-refractivity contribution in [1.82, 2.24) is 10.3 Å². The summed E-state index contributed by atoms with van der Waals surface area (Å²) in [5.41, 5.74) is 3.88. The lowest BCUT2D eigenvalue weighted by Gasteiger charge is -2.20. The first-order chi connectivity index (χ1) is 14.9. The fourth-order valence-corrected chi connectivity index (χ4v) is 4.90. The molecule has 1 amide bonds. The number of carbonyl (C=O) groups is 1. The lowest BCUT2D eigenvalue weighted by Crippen LogP contribution is -2.18. The van der Waals surface area contributed by atoms with Crippen LogP contribution in [0.5, 0.6) is 0 Å². The van der Waals surface area contributed by atoms with Gasteiger partial charge in [0.1, 0.15) is 5.25 Å². The fraction of sp³-hybridized carbons (Fsp3) is 0.200. The Bertz CT molecular complexity index is 1210. The number of aromatic nitrogens is 1. The summed E-state index contributed by atoms with van der Waals surface area (Å²) >= 11 is 0. The van der Waals surface area contributed by atoms with Crippen molar-refractivity contribution >= 4 is 15.7 Å². The quantitative estimate of drug-likeness (QED) is 0.474. The van der Waals surface area contributed by atoms with Crippen molar-refractivity contribution in [3.05, 3.63) is 101 Å². The number of aryl methyl sites for hydroxylation is 1. The molecule has 1 atom stereocenters. The summed E-state index contributed by atoms with van der Waals surface area (Å²) in [7, 11) is -3.34. The Hall–Kier alpha value is -3.43. The Balaban J connectivity index is 1.77. The molecule has 0 saturated heterocycles. The Kier molecular flexibility index (Phi) is 7.22. The number of nitrogens with one attached hydrogen (secondary N) is 1. The van der Waals surface area contributed by atoms with E-state index in [4.69, 9.17) is 0 Å². The lowest BCUT2D eigenvalue weighted by molar-refractivity contribution is 0.0973. The zero-order chi connectivity index (χ0) is 22.3. The first-order valence-corrected chi connectivity index (χ1v) is 11.7. The predicted molar refractivity (Wildman–Crippen MR) is 122 cm³/mol. The topological polar surface area (TPSA) is 76.1 Å². The lowest BCUT2D eigenvalue weighted by atomic mass is 9.97. The Morgan fingerprint density at radius 2 is 1.77 bits per heavy atom. The van der Waals surface area contributed by atoms with Gasteiger partial charge in [0.25, 0.3) is 5.91 Å². The van der Waals surface area contributed by atoms with Crippen molar-refractivity contribution in [3.63, 3.8) is 0 Å². The molecule has 2 aromatic carbocycles. The van der Waals surface area contributed by atoms with Gasteiger partial charge in [-0.1, -0.05) is 61.4 Å². The van der Waals surface area contributed by atoms with Crippen LogP contribution in [0, 0.1) is 18.9 Å². The molecular formula is C25H24N2O3S. The predicted octanol–water partition coefficient (Wildman–Crippen LogP) is 3.85. The van der Waals surface area contributed by atoms with Crippen LogP contribution in [0.3, 0.4) is 0 Å². The molecular weight excluding hydrogens is 408 g/mol. The van der Waals surface area contributed by atoms with Gasteiger partial charge in [-0.25, -0.2) is 8.42 Å². The standard InChI is InChI=1S/C25H24N2O3S/c1-3-31(29,30)24(21-9-5-4-6-10-21)23-12-11-20(18-19(23)2)8-7-15-27-25(28)22-13-16-26-17-14-22/h4-6,9-14,16-18,24H,3,8H2,1-2H3,(H,27,28). The number of benzene rings is 2. The number of nitrogens with zero attached hydrogens (tertiary/aromatic N) is 1. The SMILES string of the molecule is CCS(=O)(=O)C(c1ccccc1)c1ccc(CC#CNC(=O)c2ccncc2)cc1C. The maximum atomic E-state index is 12.9. The van der Waals surface area contributed by atoms with Gasteiger partial charge in [-0.15, -0.1) is 0 Å². The van der Waals surface area contributed by atoms with E-state index in [1.54, 1.807) is 31.5 Å². The van der Waals surface area contributed by atoms with Crippen LogP contribution >= 0.6 is 0 Å².